The first-order chi connectivity index (χ1) is 10.6. The smallest absolute Gasteiger partial charge is 0.155 e. The topological polar surface area (TPSA) is 17.1 Å². The van der Waals surface area contributed by atoms with E-state index in [4.69, 9.17) is 0 Å². The third-order valence-corrected chi connectivity index (χ3v) is 7.52. The van der Waals surface area contributed by atoms with E-state index in [9.17, 15) is 4.79 Å². The Balaban J connectivity index is 1.69. The fourth-order valence-corrected chi connectivity index (χ4v) is 6.46. The van der Waals surface area contributed by atoms with Gasteiger partial charge in [-0.3, -0.25) is 4.79 Å². The average Bonchev–Trinajstić information content (AvgIpc) is 2.78. The van der Waals surface area contributed by atoms with Crippen molar-refractivity contribution in [2.75, 3.05) is 0 Å². The van der Waals surface area contributed by atoms with Crippen LogP contribution in [0, 0.1) is 29.1 Å². The predicted molar refractivity (Wildman–Crippen MR) is 90.4 cm³/mol. The third kappa shape index (κ3) is 1.87. The second-order valence-electron chi connectivity index (χ2n) is 8.23. The molecule has 4 aliphatic carbocycles. The van der Waals surface area contributed by atoms with Gasteiger partial charge in [-0.2, -0.15) is 0 Å². The summed E-state index contributed by atoms with van der Waals surface area (Å²) in [7, 11) is 0. The summed E-state index contributed by atoms with van der Waals surface area (Å²) in [6, 6.07) is 0. The van der Waals surface area contributed by atoms with Crippen molar-refractivity contribution in [1.82, 2.24) is 0 Å². The zero-order valence-electron chi connectivity index (χ0n) is 13.9. The molecule has 0 N–H and O–H groups in total. The molecule has 0 unspecified atom stereocenters. The van der Waals surface area contributed by atoms with Gasteiger partial charge in [0.15, 0.2) is 5.78 Å². The van der Waals surface area contributed by atoms with Crippen LogP contribution in [0.3, 0.4) is 0 Å². The Morgan fingerprint density at radius 3 is 2.77 bits per heavy atom. The number of carbonyl (C=O) groups excluding carboxylic acids is 1. The van der Waals surface area contributed by atoms with Gasteiger partial charge in [-0.15, -0.1) is 0 Å². The Hall–Kier alpha value is -1.11. The molecular formula is C21H28O. The summed E-state index contributed by atoms with van der Waals surface area (Å²) in [5, 5.41) is 0. The highest BCUT2D eigenvalue weighted by Crippen LogP contribution is 2.65. The molecule has 0 aliphatic heterocycles. The molecule has 1 nitrogen and oxygen atoms in total. The minimum Gasteiger partial charge on any atom is -0.295 e. The molecule has 0 aromatic rings. The van der Waals surface area contributed by atoms with Gasteiger partial charge in [0.1, 0.15) is 0 Å². The van der Waals surface area contributed by atoms with Crippen LogP contribution in [0.15, 0.2) is 36.0 Å². The van der Waals surface area contributed by atoms with E-state index in [1.165, 1.54) is 48.8 Å². The molecule has 0 spiro atoms. The van der Waals surface area contributed by atoms with Crippen LogP contribution in [-0.2, 0) is 4.79 Å². The molecular weight excluding hydrogens is 268 g/mol. The fourth-order valence-electron chi connectivity index (χ4n) is 6.46. The van der Waals surface area contributed by atoms with Crippen LogP contribution in [0.4, 0.5) is 0 Å². The van der Waals surface area contributed by atoms with Crippen molar-refractivity contribution in [3.05, 3.63) is 36.0 Å². The summed E-state index contributed by atoms with van der Waals surface area (Å²) in [6.45, 7) is 11.1. The molecule has 0 amide bonds. The Bertz CT molecular complexity index is 581. The number of hydrogen-bond donors (Lipinski definition) is 0. The maximum Gasteiger partial charge on any atom is 0.155 e. The van der Waals surface area contributed by atoms with Crippen LogP contribution in [0.25, 0.3) is 0 Å². The predicted octanol–water partition coefficient (Wildman–Crippen LogP) is 5.24. The maximum absolute atomic E-state index is 11.8. The third-order valence-electron chi connectivity index (χ3n) is 7.52. The number of fused-ring (bicyclic) bond motifs is 5. The number of carbonyl (C=O) groups is 1. The molecule has 4 rings (SSSR count). The Morgan fingerprint density at radius 1 is 1.18 bits per heavy atom. The van der Waals surface area contributed by atoms with Crippen molar-refractivity contribution in [1.29, 1.82) is 0 Å². The van der Waals surface area contributed by atoms with E-state index in [2.05, 4.69) is 20.1 Å². The zero-order valence-corrected chi connectivity index (χ0v) is 13.9. The second kappa shape index (κ2) is 4.94. The summed E-state index contributed by atoms with van der Waals surface area (Å²) in [4.78, 5) is 11.8. The highest BCUT2D eigenvalue weighted by atomic mass is 16.1. The molecule has 3 fully saturated rings. The Morgan fingerprint density at radius 2 is 2.00 bits per heavy atom. The van der Waals surface area contributed by atoms with E-state index in [1.54, 1.807) is 0 Å². The first-order valence-electron chi connectivity index (χ1n) is 9.16. The Kier molecular flexibility index (Phi) is 3.25. The molecule has 0 heterocycles. The van der Waals surface area contributed by atoms with Crippen LogP contribution in [-0.4, -0.2) is 5.78 Å². The average molecular weight is 296 g/mol. The van der Waals surface area contributed by atoms with Gasteiger partial charge in [-0.05, 0) is 85.7 Å². The molecule has 22 heavy (non-hydrogen) atoms. The number of allylic oxidation sites excluding steroid dienone is 3. The van der Waals surface area contributed by atoms with Gasteiger partial charge in [0.05, 0.1) is 0 Å². The van der Waals surface area contributed by atoms with Gasteiger partial charge in [0.2, 0.25) is 0 Å². The monoisotopic (exact) mass is 296 g/mol. The molecule has 0 aromatic carbocycles. The van der Waals surface area contributed by atoms with Crippen LogP contribution in [0.1, 0.15) is 58.3 Å². The van der Waals surface area contributed by atoms with Crippen LogP contribution < -0.4 is 0 Å². The van der Waals surface area contributed by atoms with Crippen molar-refractivity contribution in [3.8, 4) is 0 Å². The van der Waals surface area contributed by atoms with Gasteiger partial charge >= 0.3 is 0 Å². The standard InChI is InChI=1S/C21H28O/c1-4-21-10-9-18-17-8-6-16(22)11-15(17)5-7-19(18)20(21)14(3)13(2)12-21/h11,17-20H,2-10,12H2,1H3/t17-,18+,19+,20-,21+/m0/s1. The lowest BCUT2D eigenvalue weighted by Crippen LogP contribution is -2.45. The lowest BCUT2D eigenvalue weighted by Gasteiger charge is -2.53. The van der Waals surface area contributed by atoms with Gasteiger partial charge in [0.25, 0.3) is 0 Å². The van der Waals surface area contributed by atoms with Crippen LogP contribution in [0.5, 0.6) is 0 Å². The van der Waals surface area contributed by atoms with E-state index in [0.29, 0.717) is 23.0 Å². The van der Waals surface area contributed by atoms with Gasteiger partial charge in [-0.25, -0.2) is 0 Å². The summed E-state index contributed by atoms with van der Waals surface area (Å²) < 4.78 is 0. The van der Waals surface area contributed by atoms with Crippen molar-refractivity contribution in [2.45, 2.75) is 58.3 Å². The number of ketones is 1. The molecule has 0 saturated heterocycles. The Labute approximate surface area is 134 Å². The SMILES string of the molecule is C=C1C[C@@]2(CC)CC[C@H]3[C@@H](CCC4=CC(=O)CC[C@@H]43)[C@@H]2C1=C. The summed E-state index contributed by atoms with van der Waals surface area (Å²) in [5.41, 5.74) is 4.63. The lowest BCUT2D eigenvalue weighted by atomic mass is 9.51. The summed E-state index contributed by atoms with van der Waals surface area (Å²) in [5.74, 6) is 3.30. The first kappa shape index (κ1) is 14.5. The minimum absolute atomic E-state index is 0.363. The fraction of sp³-hybridized carbons (Fsp3) is 0.667. The normalized spacial score (nSPS) is 44.2. The second-order valence-corrected chi connectivity index (χ2v) is 8.23. The molecule has 0 aromatic heterocycles. The van der Waals surface area contributed by atoms with E-state index >= 15 is 0 Å². The van der Waals surface area contributed by atoms with Crippen molar-refractivity contribution in [3.63, 3.8) is 0 Å². The zero-order chi connectivity index (χ0) is 15.5. The van der Waals surface area contributed by atoms with E-state index in [-0.39, 0.29) is 0 Å². The van der Waals surface area contributed by atoms with E-state index in [0.717, 1.165) is 31.1 Å². The molecule has 5 atom stereocenters. The van der Waals surface area contributed by atoms with Crippen LogP contribution in [0.2, 0.25) is 0 Å². The highest BCUT2D eigenvalue weighted by molar-refractivity contribution is 5.91. The van der Waals surface area contributed by atoms with E-state index < -0.39 is 0 Å². The largest absolute Gasteiger partial charge is 0.295 e. The van der Waals surface area contributed by atoms with Gasteiger partial charge in [-0.1, -0.05) is 31.2 Å². The maximum atomic E-state index is 11.8. The summed E-state index contributed by atoms with van der Waals surface area (Å²) in [6.07, 6.45) is 11.4. The number of rotatable bonds is 1. The van der Waals surface area contributed by atoms with Crippen molar-refractivity contribution in [2.24, 2.45) is 29.1 Å². The van der Waals surface area contributed by atoms with Gasteiger partial charge in [0, 0.05) is 6.42 Å². The molecule has 4 aliphatic rings. The van der Waals surface area contributed by atoms with Crippen molar-refractivity contribution >= 4 is 5.78 Å². The van der Waals surface area contributed by atoms with Crippen LogP contribution >= 0.6 is 0 Å². The first-order valence-corrected chi connectivity index (χ1v) is 9.16. The minimum atomic E-state index is 0.363. The summed E-state index contributed by atoms with van der Waals surface area (Å²) >= 11 is 0. The highest BCUT2D eigenvalue weighted by Gasteiger charge is 2.55. The van der Waals surface area contributed by atoms with Crippen molar-refractivity contribution < 1.29 is 4.79 Å². The molecule has 0 bridgehead atoms. The quantitative estimate of drug-likeness (QED) is 0.646. The van der Waals surface area contributed by atoms with E-state index in [1.807, 2.05) is 6.08 Å². The number of hydrogen-bond acceptors (Lipinski definition) is 1. The molecule has 1 heteroatoms. The lowest BCUT2D eigenvalue weighted by molar-refractivity contribution is -0.116. The van der Waals surface area contributed by atoms with Gasteiger partial charge < -0.3 is 0 Å². The molecule has 3 saturated carbocycles. The molecule has 0 radical (unpaired) electrons. The molecule has 118 valence electrons.